The summed E-state index contributed by atoms with van der Waals surface area (Å²) in [5, 5.41) is 2.81. The summed E-state index contributed by atoms with van der Waals surface area (Å²) in [6.07, 6.45) is 5.19. The van der Waals surface area contributed by atoms with Crippen LogP contribution in [0.1, 0.15) is 12.5 Å². The fourth-order valence-electron chi connectivity index (χ4n) is 1.36. The van der Waals surface area contributed by atoms with Crippen LogP contribution in [0.4, 0.5) is 10.5 Å². The van der Waals surface area contributed by atoms with Gasteiger partial charge in [0, 0.05) is 12.2 Å². The Labute approximate surface area is 96.5 Å². The molecule has 0 aliphatic heterocycles. The lowest BCUT2D eigenvalue weighted by molar-refractivity contribution is 0.220. The summed E-state index contributed by atoms with van der Waals surface area (Å²) in [6.45, 7) is 4.80. The second kappa shape index (κ2) is 5.82. The minimum absolute atomic E-state index is 0.161. The first-order chi connectivity index (χ1) is 7.67. The van der Waals surface area contributed by atoms with E-state index in [1.165, 1.54) is 0 Å². The quantitative estimate of drug-likeness (QED) is 0.773. The van der Waals surface area contributed by atoms with E-state index in [-0.39, 0.29) is 6.03 Å². The van der Waals surface area contributed by atoms with E-state index < -0.39 is 0 Å². The molecule has 16 heavy (non-hydrogen) atoms. The molecule has 0 bridgehead atoms. The van der Waals surface area contributed by atoms with Crippen LogP contribution in [0, 0.1) is 19.3 Å². The lowest BCUT2D eigenvalue weighted by Crippen LogP contribution is -2.35. The van der Waals surface area contributed by atoms with Crippen LogP contribution in [0.15, 0.2) is 24.3 Å². The molecule has 0 aliphatic carbocycles. The molecule has 2 amide bonds. The predicted molar refractivity (Wildman–Crippen MR) is 66.3 cm³/mol. The van der Waals surface area contributed by atoms with Crippen molar-refractivity contribution in [2.75, 3.05) is 18.4 Å². The Morgan fingerprint density at radius 2 is 2.31 bits per heavy atom. The molecule has 0 saturated carbocycles. The van der Waals surface area contributed by atoms with E-state index in [2.05, 4.69) is 11.2 Å². The summed E-state index contributed by atoms with van der Waals surface area (Å²) in [7, 11) is 0. The normalized spacial score (nSPS) is 9.31. The van der Waals surface area contributed by atoms with E-state index in [1.807, 2.05) is 38.1 Å². The van der Waals surface area contributed by atoms with Crippen molar-refractivity contribution in [3.05, 3.63) is 29.8 Å². The molecule has 0 aliphatic rings. The van der Waals surface area contributed by atoms with Crippen molar-refractivity contribution < 1.29 is 4.79 Å². The number of terminal acetylenes is 1. The molecular formula is C13H16N2O. The molecule has 0 fully saturated rings. The fourth-order valence-corrected chi connectivity index (χ4v) is 1.36. The van der Waals surface area contributed by atoms with Crippen molar-refractivity contribution in [2.24, 2.45) is 0 Å². The number of nitrogens with one attached hydrogen (secondary N) is 1. The standard InChI is InChI=1S/C13H16N2O/c1-4-9-15(5-2)13(16)14-12-8-6-7-11(3)10-12/h1,6-8,10H,5,9H2,2-3H3,(H,14,16). The molecule has 1 N–H and O–H groups in total. The number of carbonyl (C=O) groups is 1. The monoisotopic (exact) mass is 216 g/mol. The van der Waals surface area contributed by atoms with E-state index >= 15 is 0 Å². The molecule has 3 heteroatoms. The van der Waals surface area contributed by atoms with Crippen LogP contribution < -0.4 is 5.32 Å². The Morgan fingerprint density at radius 1 is 1.56 bits per heavy atom. The molecule has 0 heterocycles. The van der Waals surface area contributed by atoms with Gasteiger partial charge in [0.25, 0.3) is 0 Å². The van der Waals surface area contributed by atoms with E-state index in [4.69, 9.17) is 6.42 Å². The number of urea groups is 1. The molecule has 0 unspecified atom stereocenters. The number of aryl methyl sites for hydroxylation is 1. The van der Waals surface area contributed by atoms with E-state index in [9.17, 15) is 4.79 Å². The second-order valence-electron chi connectivity index (χ2n) is 3.52. The molecule has 0 radical (unpaired) electrons. The SMILES string of the molecule is C#CCN(CC)C(=O)Nc1cccc(C)c1. The Bertz CT molecular complexity index is 407. The topological polar surface area (TPSA) is 32.3 Å². The van der Waals surface area contributed by atoms with Gasteiger partial charge in [-0.05, 0) is 31.5 Å². The minimum Gasteiger partial charge on any atom is -0.314 e. The molecular weight excluding hydrogens is 200 g/mol. The molecule has 0 saturated heterocycles. The maximum atomic E-state index is 11.8. The number of carbonyl (C=O) groups excluding carboxylic acids is 1. The average molecular weight is 216 g/mol. The van der Waals surface area contributed by atoms with Gasteiger partial charge >= 0.3 is 6.03 Å². The Balaban J connectivity index is 2.67. The number of rotatable bonds is 3. The van der Waals surface area contributed by atoms with Crippen molar-refractivity contribution >= 4 is 11.7 Å². The van der Waals surface area contributed by atoms with Crippen molar-refractivity contribution in [3.63, 3.8) is 0 Å². The first-order valence-corrected chi connectivity index (χ1v) is 5.23. The molecule has 0 atom stereocenters. The highest BCUT2D eigenvalue weighted by atomic mass is 16.2. The number of amides is 2. The van der Waals surface area contributed by atoms with Gasteiger partial charge in [0.05, 0.1) is 6.54 Å². The average Bonchev–Trinajstić information content (AvgIpc) is 2.25. The second-order valence-corrected chi connectivity index (χ2v) is 3.52. The maximum absolute atomic E-state index is 11.8. The van der Waals surface area contributed by atoms with Crippen LogP contribution in [-0.4, -0.2) is 24.0 Å². The van der Waals surface area contributed by atoms with E-state index in [0.29, 0.717) is 13.1 Å². The first kappa shape index (κ1) is 12.1. The number of benzene rings is 1. The fraction of sp³-hybridized carbons (Fsp3) is 0.308. The summed E-state index contributed by atoms with van der Waals surface area (Å²) in [4.78, 5) is 13.3. The summed E-state index contributed by atoms with van der Waals surface area (Å²) in [5.74, 6) is 2.46. The van der Waals surface area contributed by atoms with Gasteiger partial charge in [0.15, 0.2) is 0 Å². The van der Waals surface area contributed by atoms with Crippen LogP contribution in [0.25, 0.3) is 0 Å². The van der Waals surface area contributed by atoms with Gasteiger partial charge in [0.2, 0.25) is 0 Å². The third-order valence-corrected chi connectivity index (χ3v) is 2.22. The Kier molecular flexibility index (Phi) is 4.41. The summed E-state index contributed by atoms with van der Waals surface area (Å²) < 4.78 is 0. The molecule has 1 aromatic rings. The first-order valence-electron chi connectivity index (χ1n) is 5.23. The Hall–Kier alpha value is -1.95. The van der Waals surface area contributed by atoms with Gasteiger partial charge in [-0.3, -0.25) is 0 Å². The van der Waals surface area contributed by atoms with Crippen LogP contribution in [0.5, 0.6) is 0 Å². The van der Waals surface area contributed by atoms with Gasteiger partial charge in [0.1, 0.15) is 0 Å². The molecule has 1 aromatic carbocycles. The third-order valence-electron chi connectivity index (χ3n) is 2.22. The number of hydrogen-bond donors (Lipinski definition) is 1. The van der Waals surface area contributed by atoms with E-state index in [1.54, 1.807) is 4.90 Å². The zero-order valence-electron chi connectivity index (χ0n) is 9.66. The highest BCUT2D eigenvalue weighted by Crippen LogP contribution is 2.10. The minimum atomic E-state index is -0.161. The van der Waals surface area contributed by atoms with Gasteiger partial charge in [-0.1, -0.05) is 18.1 Å². The zero-order chi connectivity index (χ0) is 12.0. The van der Waals surface area contributed by atoms with Crippen molar-refractivity contribution in [1.82, 2.24) is 4.90 Å². The highest BCUT2D eigenvalue weighted by Gasteiger charge is 2.09. The van der Waals surface area contributed by atoms with Gasteiger partial charge < -0.3 is 10.2 Å². The van der Waals surface area contributed by atoms with Crippen LogP contribution >= 0.6 is 0 Å². The molecule has 0 aromatic heterocycles. The highest BCUT2D eigenvalue weighted by molar-refractivity contribution is 5.89. The lowest BCUT2D eigenvalue weighted by atomic mass is 10.2. The van der Waals surface area contributed by atoms with Gasteiger partial charge in [-0.2, -0.15) is 0 Å². The smallest absolute Gasteiger partial charge is 0.314 e. The van der Waals surface area contributed by atoms with Crippen LogP contribution in [0.3, 0.4) is 0 Å². The van der Waals surface area contributed by atoms with Crippen LogP contribution in [0.2, 0.25) is 0 Å². The van der Waals surface area contributed by atoms with E-state index in [0.717, 1.165) is 11.3 Å². The van der Waals surface area contributed by atoms with Crippen molar-refractivity contribution in [3.8, 4) is 12.3 Å². The molecule has 1 rings (SSSR count). The molecule has 84 valence electrons. The van der Waals surface area contributed by atoms with Crippen molar-refractivity contribution in [1.29, 1.82) is 0 Å². The van der Waals surface area contributed by atoms with Crippen molar-refractivity contribution in [2.45, 2.75) is 13.8 Å². The number of anilines is 1. The molecule has 0 spiro atoms. The maximum Gasteiger partial charge on any atom is 0.322 e. The lowest BCUT2D eigenvalue weighted by Gasteiger charge is -2.18. The summed E-state index contributed by atoms with van der Waals surface area (Å²) >= 11 is 0. The summed E-state index contributed by atoms with van der Waals surface area (Å²) in [5.41, 5.74) is 1.90. The molecule has 3 nitrogen and oxygen atoms in total. The van der Waals surface area contributed by atoms with Gasteiger partial charge in [-0.25, -0.2) is 4.79 Å². The predicted octanol–water partition coefficient (Wildman–Crippen LogP) is 2.48. The van der Waals surface area contributed by atoms with Crippen LogP contribution in [-0.2, 0) is 0 Å². The summed E-state index contributed by atoms with van der Waals surface area (Å²) in [6, 6.07) is 7.50. The third kappa shape index (κ3) is 3.32. The Morgan fingerprint density at radius 3 is 2.88 bits per heavy atom. The number of nitrogens with zero attached hydrogens (tertiary/aromatic N) is 1. The van der Waals surface area contributed by atoms with Gasteiger partial charge in [-0.15, -0.1) is 6.42 Å². The number of hydrogen-bond acceptors (Lipinski definition) is 1. The largest absolute Gasteiger partial charge is 0.322 e. The zero-order valence-corrected chi connectivity index (χ0v) is 9.66.